The second-order valence-corrected chi connectivity index (χ2v) is 15.0. The van der Waals surface area contributed by atoms with Gasteiger partial charge in [-0.2, -0.15) is 5.26 Å². The van der Waals surface area contributed by atoms with Gasteiger partial charge in [-0.1, -0.05) is 48.5 Å². The molecule has 47 heavy (non-hydrogen) atoms. The van der Waals surface area contributed by atoms with E-state index in [0.717, 1.165) is 24.8 Å². The number of benzene rings is 3. The lowest BCUT2D eigenvalue weighted by Gasteiger charge is -2.35. The average molecular weight is 659 g/mol. The Bertz CT molecular complexity index is 1840. The van der Waals surface area contributed by atoms with Crippen LogP contribution in [0.1, 0.15) is 78.3 Å². The van der Waals surface area contributed by atoms with E-state index in [0.29, 0.717) is 43.0 Å². The van der Waals surface area contributed by atoms with Crippen molar-refractivity contribution in [2.45, 2.75) is 80.4 Å². The predicted octanol–water partition coefficient (Wildman–Crippen LogP) is 4.93. The number of fused-ring (bicyclic) bond motifs is 2. The molecule has 4 aliphatic rings. The molecular formula is C35H36FN4O6P. The van der Waals surface area contributed by atoms with Crippen molar-refractivity contribution in [1.82, 2.24) is 15.1 Å². The standard InChI is InChI=1S/C35H36FN4O6P/c36-31(47(44,45)46)23-11-9-21-10-12-24(18-25(21)17-23)32(41)38-29-8-4-7-26-13-14-30(40(26)33(29)42)34(43)39-20-27(22-5-2-1-3-6-22)28(19-37)35(39)15-16-35/h1-3,5-6,9-12,17-18,26-31H,4,7-8,13-16,20H2,(H,38,41)(H2,44,45,46)/t26-,27+,28+,29-,30-,31-/m0/s1. The summed E-state index contributed by atoms with van der Waals surface area (Å²) in [7, 11) is -5.01. The first-order valence-corrected chi connectivity index (χ1v) is 17.8. The first-order valence-electron chi connectivity index (χ1n) is 16.1. The quantitative estimate of drug-likeness (QED) is 0.318. The monoisotopic (exact) mass is 658 g/mol. The molecule has 12 heteroatoms. The fourth-order valence-corrected chi connectivity index (χ4v) is 8.71. The molecular weight excluding hydrogens is 622 g/mol. The van der Waals surface area contributed by atoms with Crippen LogP contribution in [0, 0.1) is 17.2 Å². The molecule has 1 aliphatic carbocycles. The van der Waals surface area contributed by atoms with Gasteiger partial charge in [-0.15, -0.1) is 0 Å². The van der Waals surface area contributed by atoms with E-state index in [2.05, 4.69) is 11.4 Å². The summed E-state index contributed by atoms with van der Waals surface area (Å²) in [5.74, 6) is -3.81. The van der Waals surface area contributed by atoms with Gasteiger partial charge in [0, 0.05) is 24.1 Å². The Morgan fingerprint density at radius 1 is 1.00 bits per heavy atom. The SMILES string of the molecule is N#C[C@@H]1[C@@H](c2ccccc2)CN(C(=O)[C@@H]2CC[C@@H]3CCC[C@H](NC(=O)c4ccc5ccc([C@@H](F)P(=O)(O)O)cc5c4)C(=O)N32)C12CC2. The molecule has 10 nitrogen and oxygen atoms in total. The summed E-state index contributed by atoms with van der Waals surface area (Å²) in [4.78, 5) is 64.0. The third kappa shape index (κ3) is 5.52. The summed E-state index contributed by atoms with van der Waals surface area (Å²) in [6.45, 7) is 0.436. The maximum atomic E-state index is 14.4. The number of nitrogens with zero attached hydrogens (tertiary/aromatic N) is 3. The average Bonchev–Trinajstić information content (AvgIpc) is 3.67. The van der Waals surface area contributed by atoms with Crippen molar-refractivity contribution in [1.29, 1.82) is 5.26 Å². The molecule has 3 aromatic carbocycles. The number of hydrogen-bond acceptors (Lipinski definition) is 5. The molecule has 3 aliphatic heterocycles. The fraction of sp³-hybridized carbons (Fsp3) is 0.429. The maximum absolute atomic E-state index is 14.4. The van der Waals surface area contributed by atoms with Gasteiger partial charge >= 0.3 is 7.60 Å². The summed E-state index contributed by atoms with van der Waals surface area (Å²) in [5.41, 5.74) is 0.553. The van der Waals surface area contributed by atoms with Crippen molar-refractivity contribution < 1.29 is 33.1 Å². The van der Waals surface area contributed by atoms with Crippen LogP contribution < -0.4 is 5.32 Å². The van der Waals surface area contributed by atoms with Gasteiger partial charge in [0.25, 0.3) is 5.91 Å². The van der Waals surface area contributed by atoms with Crippen molar-refractivity contribution in [3.05, 3.63) is 83.4 Å². The van der Waals surface area contributed by atoms with Crippen molar-refractivity contribution in [3.8, 4) is 6.07 Å². The normalized spacial score (nSPS) is 27.3. The van der Waals surface area contributed by atoms with Crippen LogP contribution in [0.3, 0.4) is 0 Å². The lowest BCUT2D eigenvalue weighted by Crippen LogP contribution is -2.56. The van der Waals surface area contributed by atoms with E-state index in [1.54, 1.807) is 17.0 Å². The summed E-state index contributed by atoms with van der Waals surface area (Å²) >= 11 is 0. The molecule has 0 aromatic heterocycles. The number of carbonyl (C=O) groups is 3. The van der Waals surface area contributed by atoms with Crippen molar-refractivity contribution in [2.24, 2.45) is 5.92 Å². The molecule has 3 aromatic rings. The van der Waals surface area contributed by atoms with E-state index in [4.69, 9.17) is 0 Å². The number of carbonyl (C=O) groups excluding carboxylic acids is 3. The van der Waals surface area contributed by atoms with Crippen LogP contribution in [0.5, 0.6) is 0 Å². The van der Waals surface area contributed by atoms with E-state index in [1.807, 2.05) is 35.2 Å². The number of amides is 3. The summed E-state index contributed by atoms with van der Waals surface area (Å²) in [6.07, 6.45) is 4.60. The Morgan fingerprint density at radius 3 is 2.45 bits per heavy atom. The van der Waals surface area contributed by atoms with Crippen LogP contribution in [-0.4, -0.2) is 67.5 Å². The Hall–Kier alpha value is -4.10. The second-order valence-electron chi connectivity index (χ2n) is 13.4. The molecule has 6 atom stereocenters. The highest BCUT2D eigenvalue weighted by Crippen LogP contribution is 2.58. The lowest BCUT2D eigenvalue weighted by atomic mass is 9.85. The number of nitrogens with one attached hydrogen (secondary N) is 1. The molecule has 0 bridgehead atoms. The molecule has 0 radical (unpaired) electrons. The Labute approximate surface area is 271 Å². The van der Waals surface area contributed by atoms with E-state index in [-0.39, 0.29) is 40.8 Å². The Balaban J connectivity index is 1.10. The molecule has 3 saturated heterocycles. The van der Waals surface area contributed by atoms with Gasteiger partial charge in [-0.05, 0) is 85.0 Å². The number of alkyl halides is 1. The van der Waals surface area contributed by atoms with E-state index >= 15 is 0 Å². The third-order valence-electron chi connectivity index (χ3n) is 10.7. The largest absolute Gasteiger partial charge is 0.363 e. The fourth-order valence-electron chi connectivity index (χ4n) is 8.16. The number of nitriles is 1. The zero-order chi connectivity index (χ0) is 33.1. The minimum atomic E-state index is -5.01. The van der Waals surface area contributed by atoms with E-state index in [1.165, 1.54) is 24.3 Å². The van der Waals surface area contributed by atoms with E-state index in [9.17, 15) is 38.4 Å². The first kappa shape index (κ1) is 31.5. The van der Waals surface area contributed by atoms with Gasteiger partial charge in [0.05, 0.1) is 17.5 Å². The summed E-state index contributed by atoms with van der Waals surface area (Å²) < 4.78 is 25.8. The van der Waals surface area contributed by atoms with Gasteiger partial charge in [-0.25, -0.2) is 4.39 Å². The highest BCUT2D eigenvalue weighted by Gasteiger charge is 2.64. The lowest BCUT2D eigenvalue weighted by molar-refractivity contribution is -0.147. The van der Waals surface area contributed by atoms with Crippen LogP contribution in [0.2, 0.25) is 0 Å². The molecule has 1 saturated carbocycles. The zero-order valence-electron chi connectivity index (χ0n) is 25.7. The predicted molar refractivity (Wildman–Crippen MR) is 171 cm³/mol. The van der Waals surface area contributed by atoms with E-state index < -0.39 is 37.0 Å². The van der Waals surface area contributed by atoms with Gasteiger partial charge in [0.2, 0.25) is 17.7 Å². The maximum Gasteiger partial charge on any atom is 0.363 e. The third-order valence-corrected chi connectivity index (χ3v) is 11.6. The smallest absolute Gasteiger partial charge is 0.340 e. The van der Waals surface area contributed by atoms with Gasteiger partial charge in [-0.3, -0.25) is 18.9 Å². The minimum absolute atomic E-state index is 0.0951. The second kappa shape index (κ2) is 11.9. The number of hydrogen-bond donors (Lipinski definition) is 3. The Kier molecular flexibility index (Phi) is 7.94. The molecule has 7 rings (SSSR count). The van der Waals surface area contributed by atoms with Crippen molar-refractivity contribution >= 4 is 36.1 Å². The molecule has 3 amide bonds. The highest BCUT2D eigenvalue weighted by molar-refractivity contribution is 7.51. The molecule has 1 spiro atoms. The van der Waals surface area contributed by atoms with Gasteiger partial charge in [0.15, 0.2) is 0 Å². The molecule has 3 heterocycles. The summed E-state index contributed by atoms with van der Waals surface area (Å²) in [5, 5.41) is 14.2. The van der Waals surface area contributed by atoms with Gasteiger partial charge in [0.1, 0.15) is 12.1 Å². The molecule has 3 N–H and O–H groups in total. The topological polar surface area (TPSA) is 151 Å². The highest BCUT2D eigenvalue weighted by atomic mass is 31.2. The Morgan fingerprint density at radius 2 is 1.74 bits per heavy atom. The van der Waals surface area contributed by atoms with Crippen LogP contribution in [-0.2, 0) is 14.2 Å². The zero-order valence-corrected chi connectivity index (χ0v) is 26.6. The number of halogens is 1. The number of rotatable bonds is 6. The molecule has 4 fully saturated rings. The number of likely N-dealkylation sites (tertiary alicyclic amines) is 1. The van der Waals surface area contributed by atoms with Crippen LogP contribution in [0.15, 0.2) is 66.7 Å². The van der Waals surface area contributed by atoms with Crippen LogP contribution in [0.25, 0.3) is 10.8 Å². The van der Waals surface area contributed by atoms with Crippen molar-refractivity contribution in [3.63, 3.8) is 0 Å². The first-order chi connectivity index (χ1) is 22.5. The van der Waals surface area contributed by atoms with Gasteiger partial charge < -0.3 is 24.9 Å². The molecule has 244 valence electrons. The molecule has 0 unspecified atom stereocenters. The van der Waals surface area contributed by atoms with Crippen LogP contribution >= 0.6 is 7.60 Å². The van der Waals surface area contributed by atoms with Crippen LogP contribution in [0.4, 0.5) is 4.39 Å². The summed E-state index contributed by atoms with van der Waals surface area (Å²) in [6, 6.07) is 19.6. The van der Waals surface area contributed by atoms with Crippen molar-refractivity contribution in [2.75, 3.05) is 6.54 Å². The minimum Gasteiger partial charge on any atom is -0.340 e.